The summed E-state index contributed by atoms with van der Waals surface area (Å²) >= 11 is 0. The third-order valence-electron chi connectivity index (χ3n) is 11.1. The van der Waals surface area contributed by atoms with Crippen LogP contribution in [0.3, 0.4) is 0 Å². The van der Waals surface area contributed by atoms with Gasteiger partial charge in [0.15, 0.2) is 34.5 Å². The van der Waals surface area contributed by atoms with Gasteiger partial charge < -0.3 is 28.4 Å². The van der Waals surface area contributed by atoms with Crippen LogP contribution in [-0.2, 0) is 0 Å². The van der Waals surface area contributed by atoms with Crippen LogP contribution in [0.15, 0.2) is 48.5 Å². The molecule has 0 heterocycles. The molecule has 0 saturated heterocycles. The van der Waals surface area contributed by atoms with Crippen molar-refractivity contribution in [3.05, 3.63) is 48.5 Å². The molecular weight excluding hydrogens is 745 g/mol. The summed E-state index contributed by atoms with van der Waals surface area (Å²) in [5.41, 5.74) is 4.22. The van der Waals surface area contributed by atoms with Crippen molar-refractivity contribution in [1.29, 1.82) is 0 Å². The van der Waals surface area contributed by atoms with Gasteiger partial charge in [0.25, 0.3) is 0 Å². The highest BCUT2D eigenvalue weighted by atomic mass is 16.5. The van der Waals surface area contributed by atoms with Gasteiger partial charge in [-0.3, -0.25) is 0 Å². The van der Waals surface area contributed by atoms with Crippen molar-refractivity contribution in [2.45, 2.75) is 196 Å². The number of rotatable bonds is 38. The minimum Gasteiger partial charge on any atom is -0.490 e. The maximum atomic E-state index is 6.63. The molecule has 0 aromatic heterocycles. The fourth-order valence-electron chi connectivity index (χ4n) is 7.34. The van der Waals surface area contributed by atoms with Crippen LogP contribution >= 0.6 is 0 Å². The minimum absolute atomic E-state index is 0.655. The van der Waals surface area contributed by atoms with Gasteiger partial charge in [-0.25, -0.2) is 0 Å². The van der Waals surface area contributed by atoms with Gasteiger partial charge in [-0.1, -0.05) is 169 Å². The summed E-state index contributed by atoms with van der Waals surface area (Å²) in [7, 11) is 0. The Morgan fingerprint density at radius 2 is 0.483 bits per heavy atom. The van der Waals surface area contributed by atoms with Gasteiger partial charge in [0, 0.05) is 0 Å². The van der Waals surface area contributed by atoms with Crippen LogP contribution in [0.5, 0.6) is 34.5 Å². The van der Waals surface area contributed by atoms with Crippen molar-refractivity contribution in [3.8, 4) is 56.8 Å². The van der Waals surface area contributed by atoms with Crippen molar-refractivity contribution in [1.82, 2.24) is 0 Å². The van der Waals surface area contributed by atoms with Crippen molar-refractivity contribution < 1.29 is 28.4 Å². The molecule has 0 saturated carbocycles. The molecule has 338 valence electrons. The zero-order valence-electron chi connectivity index (χ0n) is 39.3. The first-order valence-electron chi connectivity index (χ1n) is 24.8. The molecule has 0 amide bonds. The van der Waals surface area contributed by atoms with Gasteiger partial charge in [-0.2, -0.15) is 0 Å². The second kappa shape index (κ2) is 33.1. The van der Waals surface area contributed by atoms with E-state index in [1.807, 2.05) is 0 Å². The van der Waals surface area contributed by atoms with E-state index >= 15 is 0 Å². The summed E-state index contributed by atoms with van der Waals surface area (Å²) in [6.45, 7) is 17.5. The van der Waals surface area contributed by atoms with Gasteiger partial charge in [0.05, 0.1) is 39.6 Å². The van der Waals surface area contributed by atoms with E-state index < -0.39 is 0 Å². The molecule has 0 unspecified atom stereocenters. The predicted molar refractivity (Wildman–Crippen MR) is 255 cm³/mol. The molecule has 3 aromatic carbocycles. The lowest BCUT2D eigenvalue weighted by Gasteiger charge is -2.21. The maximum absolute atomic E-state index is 6.63. The van der Waals surface area contributed by atoms with Gasteiger partial charge in [0.2, 0.25) is 0 Å². The first-order valence-corrected chi connectivity index (χ1v) is 24.8. The fourth-order valence-corrected chi connectivity index (χ4v) is 7.34. The summed E-state index contributed by atoms with van der Waals surface area (Å²) in [6, 6.07) is 17.3. The highest BCUT2D eigenvalue weighted by Crippen LogP contribution is 2.45. The van der Waals surface area contributed by atoms with E-state index in [2.05, 4.69) is 90.1 Å². The van der Waals surface area contributed by atoms with Gasteiger partial charge in [-0.15, -0.1) is 0 Å². The highest BCUT2D eigenvalue weighted by Gasteiger charge is 2.20. The second-order valence-electron chi connectivity index (χ2n) is 16.6. The van der Waals surface area contributed by atoms with Crippen LogP contribution in [0.2, 0.25) is 0 Å². The number of unbranched alkanes of at least 4 members (excludes halogenated alkanes) is 18. The third kappa shape index (κ3) is 19.9. The van der Waals surface area contributed by atoms with Crippen molar-refractivity contribution >= 4 is 0 Å². The van der Waals surface area contributed by atoms with E-state index in [9.17, 15) is 0 Å². The molecule has 3 aromatic rings. The Bertz CT molecular complexity index is 1410. The molecule has 0 aliphatic carbocycles. The number of ether oxygens (including phenoxy) is 6. The zero-order chi connectivity index (χ0) is 42.9. The van der Waals surface area contributed by atoms with E-state index in [-0.39, 0.29) is 0 Å². The summed E-state index contributed by atoms with van der Waals surface area (Å²) in [6.07, 6.45) is 27.6. The molecule has 0 N–H and O–H groups in total. The summed E-state index contributed by atoms with van der Waals surface area (Å²) in [5.74, 6) is 4.80. The molecular formula is C54H86O6. The van der Waals surface area contributed by atoms with Gasteiger partial charge in [0.1, 0.15) is 0 Å². The second-order valence-corrected chi connectivity index (χ2v) is 16.6. The van der Waals surface area contributed by atoms with Crippen molar-refractivity contribution in [2.75, 3.05) is 39.6 Å². The Hall–Kier alpha value is -3.54. The average molecular weight is 831 g/mol. The van der Waals surface area contributed by atoms with Gasteiger partial charge in [-0.05, 0) is 97.2 Å². The summed E-state index contributed by atoms with van der Waals surface area (Å²) < 4.78 is 39.2. The quantitative estimate of drug-likeness (QED) is 0.0536. The molecule has 6 heteroatoms. The Morgan fingerprint density at radius 3 is 0.733 bits per heavy atom. The number of benzene rings is 3. The van der Waals surface area contributed by atoms with E-state index in [0.717, 1.165) is 121 Å². The fraction of sp³-hybridized carbons (Fsp3) is 0.667. The van der Waals surface area contributed by atoms with Crippen LogP contribution in [0.1, 0.15) is 196 Å². The molecule has 0 bridgehead atoms. The standard InChI is InChI=1S/C54H86O6/c1-7-13-19-25-35-55-49-33-31-45(41-51(49)57-37-27-21-15-9-3)47-43-53(59-39-29-23-17-11-5)54(60-40-30-24-18-12-6)44-48(47)46-32-34-50(56-36-26-20-14-8-2)52(42-46)58-38-28-22-16-10-4/h31-34,41-44H,7-30,35-40H2,1-6H3. The lowest BCUT2D eigenvalue weighted by Crippen LogP contribution is -2.05. The average Bonchev–Trinajstić information content (AvgIpc) is 3.26. The molecule has 3 rings (SSSR count). The lowest BCUT2D eigenvalue weighted by molar-refractivity contribution is 0.258. The summed E-state index contributed by atoms with van der Waals surface area (Å²) in [4.78, 5) is 0. The van der Waals surface area contributed by atoms with E-state index in [1.54, 1.807) is 0 Å². The molecule has 6 nitrogen and oxygen atoms in total. The van der Waals surface area contributed by atoms with Crippen LogP contribution in [-0.4, -0.2) is 39.6 Å². The molecule has 0 atom stereocenters. The molecule has 0 fully saturated rings. The summed E-state index contributed by atoms with van der Waals surface area (Å²) in [5, 5.41) is 0. The van der Waals surface area contributed by atoms with Gasteiger partial charge >= 0.3 is 0 Å². The van der Waals surface area contributed by atoms with Crippen LogP contribution in [0, 0.1) is 0 Å². The third-order valence-corrected chi connectivity index (χ3v) is 11.1. The lowest BCUT2D eigenvalue weighted by atomic mass is 9.93. The molecule has 60 heavy (non-hydrogen) atoms. The van der Waals surface area contributed by atoms with Crippen molar-refractivity contribution in [3.63, 3.8) is 0 Å². The minimum atomic E-state index is 0.655. The molecule has 0 aliphatic rings. The van der Waals surface area contributed by atoms with Crippen molar-refractivity contribution in [2.24, 2.45) is 0 Å². The molecule has 0 radical (unpaired) electrons. The largest absolute Gasteiger partial charge is 0.490 e. The molecule has 0 aliphatic heterocycles. The predicted octanol–water partition coefficient (Wildman–Crippen LogP) is 16.8. The maximum Gasteiger partial charge on any atom is 0.161 e. The van der Waals surface area contributed by atoms with Crippen LogP contribution in [0.4, 0.5) is 0 Å². The van der Waals surface area contributed by atoms with E-state index in [4.69, 9.17) is 28.4 Å². The van der Waals surface area contributed by atoms with E-state index in [0.29, 0.717) is 39.6 Å². The molecule has 0 spiro atoms. The Balaban J connectivity index is 2.16. The Kier molecular flexibility index (Phi) is 28.1. The van der Waals surface area contributed by atoms with Crippen LogP contribution in [0.25, 0.3) is 22.3 Å². The zero-order valence-corrected chi connectivity index (χ0v) is 39.3. The Morgan fingerprint density at radius 1 is 0.250 bits per heavy atom. The number of hydrogen-bond donors (Lipinski definition) is 0. The first-order chi connectivity index (χ1) is 29.6. The number of hydrogen-bond acceptors (Lipinski definition) is 6. The van der Waals surface area contributed by atoms with Crippen LogP contribution < -0.4 is 28.4 Å². The Labute approximate surface area is 367 Å². The van der Waals surface area contributed by atoms with E-state index in [1.165, 1.54) is 89.9 Å². The first kappa shape index (κ1) is 50.8. The smallest absolute Gasteiger partial charge is 0.161 e. The SMILES string of the molecule is CCCCCCOc1ccc(-c2cc(OCCCCCC)c(OCCCCCC)cc2-c2ccc(OCCCCCC)c(OCCCCCC)c2)cc1OCCCCCC. The monoisotopic (exact) mass is 831 g/mol. The normalized spacial score (nSPS) is 11.2. The highest BCUT2D eigenvalue weighted by molar-refractivity contribution is 5.87. The topological polar surface area (TPSA) is 55.4 Å².